The van der Waals surface area contributed by atoms with E-state index in [0.717, 1.165) is 0 Å². The predicted octanol–water partition coefficient (Wildman–Crippen LogP) is 4.95. The average molecular weight is 243 g/mol. The Labute approximate surface area is 113 Å². The summed E-state index contributed by atoms with van der Waals surface area (Å²) in [6.07, 6.45) is 0. The monoisotopic (exact) mass is 243 g/mol. The Hall–Kier alpha value is -2.08. The van der Waals surface area contributed by atoms with Crippen molar-refractivity contribution in [2.45, 2.75) is 19.3 Å². The molecule has 0 nitrogen and oxygen atoms in total. The van der Waals surface area contributed by atoms with Crippen molar-refractivity contribution in [3.05, 3.63) is 71.8 Å². The molecule has 91 valence electrons. The van der Waals surface area contributed by atoms with E-state index >= 15 is 0 Å². The van der Waals surface area contributed by atoms with Crippen molar-refractivity contribution in [3.63, 3.8) is 0 Å². The van der Waals surface area contributed by atoms with E-state index in [4.69, 9.17) is 0 Å². The van der Waals surface area contributed by atoms with Gasteiger partial charge in [0.25, 0.3) is 0 Å². The molecule has 0 heteroatoms. The zero-order chi connectivity index (χ0) is 13.0. The molecule has 0 spiro atoms. The van der Waals surface area contributed by atoms with E-state index in [-0.39, 0.29) is 5.41 Å². The van der Waals surface area contributed by atoms with Crippen molar-refractivity contribution < 1.29 is 0 Å². The predicted molar refractivity (Wildman–Crippen MR) is 80.3 cm³/mol. The summed E-state index contributed by atoms with van der Waals surface area (Å²) in [5.41, 5.74) is 5.73. The van der Waals surface area contributed by atoms with Crippen LogP contribution in [0, 0.1) is 6.07 Å². The minimum atomic E-state index is 0.0969. The Balaban J connectivity index is 2.15. The van der Waals surface area contributed by atoms with Gasteiger partial charge in [0.05, 0.1) is 0 Å². The highest BCUT2D eigenvalue weighted by molar-refractivity contribution is 5.93. The number of hydrogen-bond acceptors (Lipinski definition) is 0. The van der Waals surface area contributed by atoms with Gasteiger partial charge in [-0.3, -0.25) is 0 Å². The zero-order valence-corrected chi connectivity index (χ0v) is 11.2. The van der Waals surface area contributed by atoms with E-state index in [1.807, 2.05) is 6.07 Å². The molecular formula is C19H15. The van der Waals surface area contributed by atoms with E-state index in [2.05, 4.69) is 68.4 Å². The minimum absolute atomic E-state index is 0.0969. The summed E-state index contributed by atoms with van der Waals surface area (Å²) in [5.74, 6) is 0. The molecule has 0 saturated carbocycles. The number of rotatable bonds is 0. The summed E-state index contributed by atoms with van der Waals surface area (Å²) < 4.78 is 0. The first kappa shape index (κ1) is 10.8. The first-order valence-corrected chi connectivity index (χ1v) is 6.72. The van der Waals surface area contributed by atoms with Gasteiger partial charge in [0.1, 0.15) is 0 Å². The van der Waals surface area contributed by atoms with Crippen molar-refractivity contribution in [1.29, 1.82) is 0 Å². The fraction of sp³-hybridized carbons (Fsp3) is 0.158. The summed E-state index contributed by atoms with van der Waals surface area (Å²) in [6, 6.07) is 22.8. The van der Waals surface area contributed by atoms with Crippen molar-refractivity contribution in [1.82, 2.24) is 0 Å². The van der Waals surface area contributed by atoms with Crippen LogP contribution in [0.2, 0.25) is 0 Å². The Morgan fingerprint density at radius 2 is 1.68 bits per heavy atom. The first-order chi connectivity index (χ1) is 9.18. The maximum absolute atomic E-state index is 3.17. The largest absolute Gasteiger partial charge is 0.0619 e. The van der Waals surface area contributed by atoms with Gasteiger partial charge in [-0.2, -0.15) is 0 Å². The van der Waals surface area contributed by atoms with Gasteiger partial charge in [0, 0.05) is 5.41 Å². The Kier molecular flexibility index (Phi) is 1.98. The van der Waals surface area contributed by atoms with Gasteiger partial charge in [-0.25, -0.2) is 0 Å². The summed E-state index contributed by atoms with van der Waals surface area (Å²) in [6.45, 7) is 4.64. The third kappa shape index (κ3) is 1.34. The molecule has 1 aliphatic rings. The number of hydrogen-bond donors (Lipinski definition) is 0. The van der Waals surface area contributed by atoms with Gasteiger partial charge in [0.15, 0.2) is 0 Å². The van der Waals surface area contributed by atoms with Crippen LogP contribution in [0.25, 0.3) is 21.9 Å². The van der Waals surface area contributed by atoms with Crippen LogP contribution in [-0.4, -0.2) is 0 Å². The van der Waals surface area contributed by atoms with Gasteiger partial charge in [0.2, 0.25) is 0 Å². The molecule has 0 saturated heterocycles. The Morgan fingerprint density at radius 3 is 2.58 bits per heavy atom. The van der Waals surface area contributed by atoms with Crippen LogP contribution in [0.3, 0.4) is 0 Å². The molecule has 3 aromatic rings. The highest BCUT2D eigenvalue weighted by Gasteiger charge is 2.35. The lowest BCUT2D eigenvalue weighted by atomic mass is 9.82. The highest BCUT2D eigenvalue weighted by Crippen LogP contribution is 2.49. The third-order valence-corrected chi connectivity index (χ3v) is 4.39. The summed E-state index contributed by atoms with van der Waals surface area (Å²) in [4.78, 5) is 0. The molecule has 0 bridgehead atoms. The average Bonchev–Trinajstić information content (AvgIpc) is 2.66. The zero-order valence-electron chi connectivity index (χ0n) is 11.2. The molecule has 4 rings (SSSR count). The molecule has 0 heterocycles. The van der Waals surface area contributed by atoms with E-state index < -0.39 is 0 Å². The SMILES string of the molecule is CC1(C)c2ccccc2-c2cc3c[c]ccc3cc21. The van der Waals surface area contributed by atoms with Crippen molar-refractivity contribution >= 4 is 10.8 Å². The van der Waals surface area contributed by atoms with E-state index in [0.29, 0.717) is 0 Å². The maximum atomic E-state index is 3.17. The van der Waals surface area contributed by atoms with Crippen molar-refractivity contribution in [2.24, 2.45) is 0 Å². The van der Waals surface area contributed by atoms with E-state index in [1.54, 1.807) is 0 Å². The molecule has 1 radical (unpaired) electrons. The summed E-state index contributed by atoms with van der Waals surface area (Å²) in [5, 5.41) is 2.58. The topological polar surface area (TPSA) is 0 Å². The lowest BCUT2D eigenvalue weighted by Gasteiger charge is -2.21. The number of fused-ring (bicyclic) bond motifs is 4. The maximum Gasteiger partial charge on any atom is 0.0159 e. The second kappa shape index (κ2) is 3.48. The van der Waals surface area contributed by atoms with Gasteiger partial charge < -0.3 is 0 Å². The van der Waals surface area contributed by atoms with Crippen molar-refractivity contribution in [2.75, 3.05) is 0 Å². The van der Waals surface area contributed by atoms with Gasteiger partial charge in [-0.1, -0.05) is 50.2 Å². The van der Waals surface area contributed by atoms with E-state index in [1.165, 1.54) is 33.0 Å². The van der Waals surface area contributed by atoms with E-state index in [9.17, 15) is 0 Å². The fourth-order valence-corrected chi connectivity index (χ4v) is 3.33. The smallest absolute Gasteiger partial charge is 0.0159 e. The Morgan fingerprint density at radius 1 is 0.842 bits per heavy atom. The van der Waals surface area contributed by atoms with Crippen molar-refractivity contribution in [3.8, 4) is 11.1 Å². The molecule has 0 N–H and O–H groups in total. The third-order valence-electron chi connectivity index (χ3n) is 4.39. The minimum Gasteiger partial charge on any atom is -0.0619 e. The molecule has 0 atom stereocenters. The summed E-state index contributed by atoms with van der Waals surface area (Å²) in [7, 11) is 0. The molecule has 0 aromatic heterocycles. The normalized spacial score (nSPS) is 15.3. The van der Waals surface area contributed by atoms with Gasteiger partial charge in [-0.05, 0) is 57.3 Å². The molecule has 3 aromatic carbocycles. The molecule has 0 amide bonds. The fourth-order valence-electron chi connectivity index (χ4n) is 3.33. The molecule has 19 heavy (non-hydrogen) atoms. The molecule has 0 unspecified atom stereocenters. The van der Waals surface area contributed by atoms with Crippen LogP contribution in [0.4, 0.5) is 0 Å². The standard InChI is InChI=1S/C19H15/c1-19(2)17-10-6-5-9-15(17)16-11-13-7-3-4-8-14(13)12-18(16)19/h4-12H,1-2H3. The second-order valence-electron chi connectivity index (χ2n) is 5.84. The molecule has 0 fully saturated rings. The van der Waals surface area contributed by atoms with Crippen LogP contribution in [0.1, 0.15) is 25.0 Å². The van der Waals surface area contributed by atoms with Gasteiger partial charge >= 0.3 is 0 Å². The summed E-state index contributed by atoms with van der Waals surface area (Å²) >= 11 is 0. The van der Waals surface area contributed by atoms with Crippen LogP contribution in [-0.2, 0) is 5.41 Å². The second-order valence-corrected chi connectivity index (χ2v) is 5.84. The van der Waals surface area contributed by atoms with Crippen LogP contribution in [0.5, 0.6) is 0 Å². The molecule has 0 aliphatic heterocycles. The van der Waals surface area contributed by atoms with Gasteiger partial charge in [-0.15, -0.1) is 0 Å². The van der Waals surface area contributed by atoms with Crippen LogP contribution < -0.4 is 0 Å². The molecule has 1 aliphatic carbocycles. The number of benzene rings is 3. The van der Waals surface area contributed by atoms with Crippen LogP contribution >= 0.6 is 0 Å². The highest BCUT2D eigenvalue weighted by atomic mass is 14.4. The first-order valence-electron chi connectivity index (χ1n) is 6.72. The van der Waals surface area contributed by atoms with Crippen LogP contribution in [0.15, 0.2) is 54.6 Å². The molecular weight excluding hydrogens is 228 g/mol. The lowest BCUT2D eigenvalue weighted by Crippen LogP contribution is -2.14. The quantitative estimate of drug-likeness (QED) is 0.524. The lowest BCUT2D eigenvalue weighted by molar-refractivity contribution is 0.661. The Bertz CT molecular complexity index is 794.